The number of esters is 1. The molecule has 2 aromatic carbocycles. The largest absolute Gasteiger partial charge is 0.468 e. The maximum absolute atomic E-state index is 13.6. The molecule has 0 aliphatic carbocycles. The van der Waals surface area contributed by atoms with Crippen LogP contribution in [0.1, 0.15) is 17.5 Å². The molecule has 2 aromatic rings. The SMILES string of the molecule is COC(=O)C1CC(c2ccc(CN)cc2)=NN(c2cc(F)cc(F)c2)C1=O. The molecule has 1 atom stereocenters. The number of nitrogens with zero attached hydrogens (tertiary/aromatic N) is 2. The molecule has 2 N–H and O–H groups in total. The number of ether oxygens (including phenoxy) is 1. The van der Waals surface area contributed by atoms with Crippen LogP contribution in [0, 0.1) is 17.6 Å². The molecule has 0 bridgehead atoms. The van der Waals surface area contributed by atoms with Gasteiger partial charge in [-0.05, 0) is 23.3 Å². The maximum Gasteiger partial charge on any atom is 0.318 e. The van der Waals surface area contributed by atoms with Crippen LogP contribution in [-0.4, -0.2) is 24.7 Å². The van der Waals surface area contributed by atoms with Crippen molar-refractivity contribution in [2.45, 2.75) is 13.0 Å². The summed E-state index contributed by atoms with van der Waals surface area (Å²) >= 11 is 0. The van der Waals surface area contributed by atoms with Crippen molar-refractivity contribution < 1.29 is 23.1 Å². The van der Waals surface area contributed by atoms with E-state index in [0.29, 0.717) is 23.9 Å². The first-order valence-electron chi connectivity index (χ1n) is 8.17. The van der Waals surface area contributed by atoms with Gasteiger partial charge in [-0.3, -0.25) is 9.59 Å². The van der Waals surface area contributed by atoms with Gasteiger partial charge in [0.15, 0.2) is 0 Å². The lowest BCUT2D eigenvalue weighted by Crippen LogP contribution is -2.43. The molecule has 0 spiro atoms. The normalized spacial score (nSPS) is 16.9. The van der Waals surface area contributed by atoms with Crippen LogP contribution in [0.4, 0.5) is 14.5 Å². The first-order valence-corrected chi connectivity index (χ1v) is 8.17. The molecule has 1 heterocycles. The highest BCUT2D eigenvalue weighted by Crippen LogP contribution is 2.28. The third-order valence-electron chi connectivity index (χ3n) is 4.23. The van der Waals surface area contributed by atoms with Gasteiger partial charge < -0.3 is 10.5 Å². The Kier molecular flexibility index (Phi) is 5.27. The molecule has 1 aliphatic rings. The molecular formula is C19H17F2N3O3. The Balaban J connectivity index is 2.07. The smallest absolute Gasteiger partial charge is 0.318 e. The Morgan fingerprint density at radius 3 is 2.41 bits per heavy atom. The highest BCUT2D eigenvalue weighted by Gasteiger charge is 2.38. The van der Waals surface area contributed by atoms with E-state index < -0.39 is 29.4 Å². The van der Waals surface area contributed by atoms with Crippen molar-refractivity contribution in [1.29, 1.82) is 0 Å². The van der Waals surface area contributed by atoms with Crippen LogP contribution in [0.2, 0.25) is 0 Å². The summed E-state index contributed by atoms with van der Waals surface area (Å²) in [6.45, 7) is 0.366. The summed E-state index contributed by atoms with van der Waals surface area (Å²) in [6, 6.07) is 9.75. The second kappa shape index (κ2) is 7.63. The Labute approximate surface area is 154 Å². The molecule has 0 aromatic heterocycles. The number of methoxy groups -OCH3 is 1. The molecule has 140 valence electrons. The summed E-state index contributed by atoms with van der Waals surface area (Å²) in [5.74, 6) is -4.34. The highest BCUT2D eigenvalue weighted by molar-refractivity contribution is 6.15. The van der Waals surface area contributed by atoms with E-state index in [1.54, 1.807) is 24.3 Å². The number of hydrogen-bond donors (Lipinski definition) is 1. The van der Waals surface area contributed by atoms with Crippen LogP contribution in [0.5, 0.6) is 0 Å². The molecular weight excluding hydrogens is 356 g/mol. The van der Waals surface area contributed by atoms with Gasteiger partial charge in [0.25, 0.3) is 5.91 Å². The highest BCUT2D eigenvalue weighted by atomic mass is 19.1. The van der Waals surface area contributed by atoms with Gasteiger partial charge in [0.2, 0.25) is 0 Å². The van der Waals surface area contributed by atoms with E-state index in [-0.39, 0.29) is 12.1 Å². The Hall–Kier alpha value is -3.13. The third kappa shape index (κ3) is 3.85. The topological polar surface area (TPSA) is 85.0 Å². The van der Waals surface area contributed by atoms with Gasteiger partial charge in [-0.1, -0.05) is 24.3 Å². The average molecular weight is 373 g/mol. The van der Waals surface area contributed by atoms with Gasteiger partial charge in [0.05, 0.1) is 18.5 Å². The number of anilines is 1. The van der Waals surface area contributed by atoms with Crippen molar-refractivity contribution in [3.05, 3.63) is 65.2 Å². The molecule has 0 saturated heterocycles. The summed E-state index contributed by atoms with van der Waals surface area (Å²) in [7, 11) is 1.17. The fourth-order valence-corrected chi connectivity index (χ4v) is 2.82. The van der Waals surface area contributed by atoms with E-state index in [2.05, 4.69) is 5.10 Å². The number of amides is 1. The van der Waals surface area contributed by atoms with Crippen molar-refractivity contribution in [2.24, 2.45) is 16.8 Å². The molecule has 0 saturated carbocycles. The molecule has 0 radical (unpaired) electrons. The number of benzene rings is 2. The van der Waals surface area contributed by atoms with Crippen molar-refractivity contribution >= 4 is 23.3 Å². The van der Waals surface area contributed by atoms with Crippen LogP contribution >= 0.6 is 0 Å². The summed E-state index contributed by atoms with van der Waals surface area (Å²) in [5.41, 5.74) is 7.46. The number of hydrazone groups is 1. The molecule has 6 nitrogen and oxygen atoms in total. The molecule has 0 fully saturated rings. The number of hydrogen-bond acceptors (Lipinski definition) is 5. The van der Waals surface area contributed by atoms with Crippen LogP contribution in [-0.2, 0) is 20.9 Å². The summed E-state index contributed by atoms with van der Waals surface area (Å²) in [4.78, 5) is 24.8. The van der Waals surface area contributed by atoms with Crippen molar-refractivity contribution in [1.82, 2.24) is 0 Å². The van der Waals surface area contributed by atoms with Gasteiger partial charge >= 0.3 is 5.97 Å². The van der Waals surface area contributed by atoms with Gasteiger partial charge in [-0.15, -0.1) is 0 Å². The van der Waals surface area contributed by atoms with Crippen LogP contribution in [0.15, 0.2) is 47.6 Å². The zero-order chi connectivity index (χ0) is 19.6. The van der Waals surface area contributed by atoms with Crippen LogP contribution < -0.4 is 10.7 Å². The zero-order valence-electron chi connectivity index (χ0n) is 14.5. The minimum Gasteiger partial charge on any atom is -0.468 e. The summed E-state index contributed by atoms with van der Waals surface area (Å²) in [5, 5.41) is 5.07. The number of nitrogens with two attached hydrogens (primary N) is 1. The minimum absolute atomic E-state index is 0.0157. The third-order valence-corrected chi connectivity index (χ3v) is 4.23. The van der Waals surface area contributed by atoms with E-state index in [9.17, 15) is 18.4 Å². The Morgan fingerprint density at radius 1 is 1.22 bits per heavy atom. The molecule has 3 rings (SSSR count). The van der Waals surface area contributed by atoms with Crippen molar-refractivity contribution in [3.63, 3.8) is 0 Å². The standard InChI is InChI=1S/C19H17F2N3O3/c1-27-19(26)16-9-17(12-4-2-11(10-22)3-5-12)23-24(18(16)25)15-7-13(20)6-14(21)8-15/h2-8,16H,9-10,22H2,1H3. The number of rotatable bonds is 4. The van der Waals surface area contributed by atoms with Crippen molar-refractivity contribution in [2.75, 3.05) is 12.1 Å². The molecule has 1 unspecified atom stereocenters. The lowest BCUT2D eigenvalue weighted by atomic mass is 9.94. The van der Waals surface area contributed by atoms with Gasteiger partial charge in [0.1, 0.15) is 17.6 Å². The monoisotopic (exact) mass is 373 g/mol. The van der Waals surface area contributed by atoms with Gasteiger partial charge in [-0.2, -0.15) is 10.1 Å². The van der Waals surface area contributed by atoms with Crippen LogP contribution in [0.25, 0.3) is 0 Å². The van der Waals surface area contributed by atoms with E-state index in [4.69, 9.17) is 10.5 Å². The molecule has 27 heavy (non-hydrogen) atoms. The molecule has 1 aliphatic heterocycles. The van der Waals surface area contributed by atoms with E-state index >= 15 is 0 Å². The average Bonchev–Trinajstić information content (AvgIpc) is 2.67. The van der Waals surface area contributed by atoms with Crippen LogP contribution in [0.3, 0.4) is 0 Å². The summed E-state index contributed by atoms with van der Waals surface area (Å²) in [6.07, 6.45) is 0.0157. The molecule has 1 amide bonds. The second-order valence-electron chi connectivity index (χ2n) is 6.01. The van der Waals surface area contributed by atoms with Gasteiger partial charge in [-0.25, -0.2) is 8.78 Å². The summed E-state index contributed by atoms with van der Waals surface area (Å²) < 4.78 is 31.9. The fourth-order valence-electron chi connectivity index (χ4n) is 2.82. The Bertz CT molecular complexity index is 893. The zero-order valence-corrected chi connectivity index (χ0v) is 14.5. The Morgan fingerprint density at radius 2 is 1.85 bits per heavy atom. The number of halogens is 2. The molecule has 8 heteroatoms. The first kappa shape index (κ1) is 18.7. The minimum atomic E-state index is -1.16. The first-order chi connectivity index (χ1) is 12.9. The number of carbonyl (C=O) groups is 2. The quantitative estimate of drug-likeness (QED) is 0.659. The van der Waals surface area contributed by atoms with Crippen molar-refractivity contribution in [3.8, 4) is 0 Å². The fraction of sp³-hybridized carbons (Fsp3) is 0.211. The lowest BCUT2D eigenvalue weighted by molar-refractivity contribution is -0.149. The maximum atomic E-state index is 13.6. The van der Waals surface area contributed by atoms with Gasteiger partial charge in [0, 0.05) is 19.0 Å². The number of carbonyl (C=O) groups excluding carboxylic acids is 2. The predicted molar refractivity (Wildman–Crippen MR) is 94.8 cm³/mol. The van der Waals surface area contributed by atoms with E-state index in [1.165, 1.54) is 7.11 Å². The second-order valence-corrected chi connectivity index (χ2v) is 6.01. The lowest BCUT2D eigenvalue weighted by Gasteiger charge is -2.28. The predicted octanol–water partition coefficient (Wildman–Crippen LogP) is 2.35. The van der Waals surface area contributed by atoms with E-state index in [0.717, 1.165) is 22.7 Å². The van der Waals surface area contributed by atoms with E-state index in [1.807, 2.05) is 0 Å².